The molecule has 2 bridgehead atoms. The largest absolute Gasteiger partial charge is 0.451 e. The predicted molar refractivity (Wildman–Crippen MR) is 66.7 cm³/mol. The van der Waals surface area contributed by atoms with Crippen LogP contribution >= 0.6 is 0 Å². The smallest absolute Gasteiger partial charge is 0.413 e. The molecule has 0 amide bonds. The highest BCUT2D eigenvalue weighted by Gasteiger charge is 2.59. The van der Waals surface area contributed by atoms with Crippen LogP contribution in [0.25, 0.3) is 0 Å². The van der Waals surface area contributed by atoms with Crippen molar-refractivity contribution in [3.8, 4) is 0 Å². The van der Waals surface area contributed by atoms with E-state index in [1.165, 1.54) is 0 Å². The van der Waals surface area contributed by atoms with Gasteiger partial charge < -0.3 is 29.5 Å². The molecule has 0 spiro atoms. The molecular weight excluding hydrogens is 300 g/mol. The van der Waals surface area contributed by atoms with Crippen molar-refractivity contribution in [1.29, 1.82) is 0 Å². The monoisotopic (exact) mass is 318 g/mol. The van der Waals surface area contributed by atoms with Crippen molar-refractivity contribution in [1.82, 2.24) is 0 Å². The van der Waals surface area contributed by atoms with Gasteiger partial charge in [-0.05, 0) is 19.3 Å². The van der Waals surface area contributed by atoms with Crippen LogP contribution in [0.3, 0.4) is 0 Å². The van der Waals surface area contributed by atoms with Crippen LogP contribution in [-0.2, 0) is 28.6 Å². The molecule has 0 aromatic heterocycles. The average Bonchev–Trinajstić information content (AvgIpc) is 2.46. The molecule has 9 nitrogen and oxygen atoms in total. The van der Waals surface area contributed by atoms with Crippen LogP contribution in [0, 0.1) is 0 Å². The van der Waals surface area contributed by atoms with Gasteiger partial charge in [-0.2, -0.15) is 0 Å². The number of aliphatic hydroxyl groups excluding tert-OH is 1. The van der Waals surface area contributed by atoms with Gasteiger partial charge in [-0.1, -0.05) is 6.92 Å². The van der Waals surface area contributed by atoms with Crippen molar-refractivity contribution in [2.75, 3.05) is 0 Å². The molecule has 4 atom stereocenters. The van der Waals surface area contributed by atoms with Crippen LogP contribution in [0.1, 0.15) is 39.0 Å². The first-order valence-corrected chi connectivity index (χ1v) is 6.96. The molecule has 0 saturated carbocycles. The van der Waals surface area contributed by atoms with Crippen LogP contribution in [0.15, 0.2) is 0 Å². The van der Waals surface area contributed by atoms with Crippen molar-refractivity contribution < 1.29 is 43.9 Å². The molecule has 2 fully saturated rings. The number of fused-ring (bicyclic) bond motifs is 3. The minimum atomic E-state index is -2.82. The fraction of sp³-hybridized carbons (Fsp3) is 0.769. The summed E-state index contributed by atoms with van der Waals surface area (Å²) in [4.78, 5) is 35.3. The standard InChI is InChI=1S/C13H18O9/c1-2-7(14)3-4-8-13(19)21-10(16)6-12(18,11(17)22-13)5-9(15)20-8/h7-8,14,18-19H,2-6H2,1H3. The van der Waals surface area contributed by atoms with Gasteiger partial charge >= 0.3 is 23.9 Å². The van der Waals surface area contributed by atoms with Crippen molar-refractivity contribution in [3.63, 3.8) is 0 Å². The summed E-state index contributed by atoms with van der Waals surface area (Å²) in [5.74, 6) is -6.23. The highest BCUT2D eigenvalue weighted by atomic mass is 16.9. The SMILES string of the molecule is CCC(O)CCC1OC(=O)CC2(O)CC(=O)OC1(O)OC2=O. The molecule has 0 aliphatic carbocycles. The molecule has 2 aliphatic rings. The average molecular weight is 318 g/mol. The van der Waals surface area contributed by atoms with E-state index < -0.39 is 54.5 Å². The van der Waals surface area contributed by atoms with Gasteiger partial charge in [-0.25, -0.2) is 4.79 Å². The Hall–Kier alpha value is -1.71. The molecule has 3 N–H and O–H groups in total. The Morgan fingerprint density at radius 2 is 1.82 bits per heavy atom. The van der Waals surface area contributed by atoms with E-state index in [-0.39, 0.29) is 12.8 Å². The van der Waals surface area contributed by atoms with Gasteiger partial charge in [-0.3, -0.25) is 9.59 Å². The van der Waals surface area contributed by atoms with E-state index in [1.54, 1.807) is 6.92 Å². The van der Waals surface area contributed by atoms with Crippen LogP contribution in [0.4, 0.5) is 0 Å². The number of carbonyl (C=O) groups excluding carboxylic acids is 3. The topological polar surface area (TPSA) is 140 Å². The normalized spacial score (nSPS) is 36.5. The minimum absolute atomic E-state index is 0.101. The zero-order valence-corrected chi connectivity index (χ0v) is 12.0. The fourth-order valence-corrected chi connectivity index (χ4v) is 2.33. The number of carbonyl (C=O) groups is 3. The van der Waals surface area contributed by atoms with Crippen LogP contribution in [0.5, 0.6) is 0 Å². The van der Waals surface area contributed by atoms with Crippen molar-refractivity contribution in [2.45, 2.75) is 62.8 Å². The third kappa shape index (κ3) is 3.21. The molecule has 0 aromatic rings. The zero-order valence-electron chi connectivity index (χ0n) is 12.0. The van der Waals surface area contributed by atoms with Crippen molar-refractivity contribution in [3.05, 3.63) is 0 Å². The number of ether oxygens (including phenoxy) is 3. The Balaban J connectivity index is 2.29. The van der Waals surface area contributed by atoms with Gasteiger partial charge in [0.05, 0.1) is 18.9 Å². The lowest BCUT2D eigenvalue weighted by molar-refractivity contribution is -0.363. The van der Waals surface area contributed by atoms with Gasteiger partial charge in [0.1, 0.15) is 0 Å². The number of esters is 3. The maximum atomic E-state index is 11.9. The first-order chi connectivity index (χ1) is 10.2. The number of hydrogen-bond acceptors (Lipinski definition) is 9. The van der Waals surface area contributed by atoms with Crippen molar-refractivity contribution >= 4 is 17.9 Å². The molecular formula is C13H18O9. The Morgan fingerprint density at radius 1 is 1.18 bits per heavy atom. The Bertz CT molecular complexity index is 490. The molecule has 4 unspecified atom stereocenters. The lowest BCUT2D eigenvalue weighted by Gasteiger charge is -2.34. The van der Waals surface area contributed by atoms with Gasteiger partial charge in [0.15, 0.2) is 5.60 Å². The lowest BCUT2D eigenvalue weighted by Crippen LogP contribution is -2.55. The fourth-order valence-electron chi connectivity index (χ4n) is 2.33. The van der Waals surface area contributed by atoms with E-state index in [0.29, 0.717) is 6.42 Å². The van der Waals surface area contributed by atoms with E-state index in [0.717, 1.165) is 0 Å². The molecule has 0 radical (unpaired) electrons. The molecule has 2 heterocycles. The summed E-state index contributed by atoms with van der Waals surface area (Å²) >= 11 is 0. The van der Waals surface area contributed by atoms with Gasteiger partial charge in [-0.15, -0.1) is 0 Å². The second kappa shape index (κ2) is 5.82. The quantitative estimate of drug-likeness (QED) is 0.541. The lowest BCUT2D eigenvalue weighted by atomic mass is 9.95. The minimum Gasteiger partial charge on any atom is -0.451 e. The second-order valence-electron chi connectivity index (χ2n) is 5.50. The number of rotatable bonds is 4. The van der Waals surface area contributed by atoms with Crippen LogP contribution in [0.2, 0.25) is 0 Å². The van der Waals surface area contributed by atoms with E-state index in [9.17, 15) is 29.7 Å². The first kappa shape index (κ1) is 16.7. The van der Waals surface area contributed by atoms with Crippen LogP contribution in [-0.4, -0.2) is 57.0 Å². The van der Waals surface area contributed by atoms with E-state index in [2.05, 4.69) is 9.47 Å². The zero-order chi connectivity index (χ0) is 16.5. The summed E-state index contributed by atoms with van der Waals surface area (Å²) in [5.41, 5.74) is -2.42. The van der Waals surface area contributed by atoms with Crippen molar-refractivity contribution in [2.24, 2.45) is 0 Å². The summed E-state index contributed by atoms with van der Waals surface area (Å²) in [6.45, 7) is 1.73. The Labute approximate surface area is 125 Å². The van der Waals surface area contributed by atoms with Gasteiger partial charge in [0.2, 0.25) is 6.10 Å². The summed E-state index contributed by atoms with van der Waals surface area (Å²) in [6, 6.07) is 0. The highest BCUT2D eigenvalue weighted by Crippen LogP contribution is 2.35. The summed E-state index contributed by atoms with van der Waals surface area (Å²) in [6.07, 6.45) is -3.37. The number of cyclic esters (lactones) is 1. The van der Waals surface area contributed by atoms with E-state index in [4.69, 9.17) is 4.74 Å². The molecule has 22 heavy (non-hydrogen) atoms. The molecule has 2 rings (SSSR count). The summed E-state index contributed by atoms with van der Waals surface area (Å²) in [7, 11) is 0. The Kier molecular flexibility index (Phi) is 4.41. The first-order valence-electron chi connectivity index (χ1n) is 6.96. The van der Waals surface area contributed by atoms with Gasteiger partial charge in [0.25, 0.3) is 0 Å². The maximum absolute atomic E-state index is 11.9. The Morgan fingerprint density at radius 3 is 2.45 bits per heavy atom. The number of aliphatic hydroxyl groups is 3. The highest BCUT2D eigenvalue weighted by molar-refractivity contribution is 5.91. The molecule has 124 valence electrons. The number of hydrogen-bond donors (Lipinski definition) is 3. The third-order valence-electron chi connectivity index (χ3n) is 3.67. The predicted octanol–water partition coefficient (Wildman–Crippen LogP) is -1.28. The van der Waals surface area contributed by atoms with E-state index in [1.807, 2.05) is 0 Å². The molecule has 0 aromatic carbocycles. The third-order valence-corrected chi connectivity index (χ3v) is 3.67. The summed E-state index contributed by atoms with van der Waals surface area (Å²) < 4.78 is 14.3. The van der Waals surface area contributed by atoms with Crippen LogP contribution < -0.4 is 0 Å². The second-order valence-corrected chi connectivity index (χ2v) is 5.50. The van der Waals surface area contributed by atoms with E-state index >= 15 is 0 Å². The molecule has 9 heteroatoms. The molecule has 2 aliphatic heterocycles. The molecule has 2 saturated heterocycles. The van der Waals surface area contributed by atoms with Gasteiger partial charge in [0, 0.05) is 0 Å². The maximum Gasteiger partial charge on any atom is 0.413 e. The summed E-state index contributed by atoms with van der Waals surface area (Å²) in [5, 5.41) is 29.9.